The van der Waals surface area contributed by atoms with E-state index in [0.29, 0.717) is 23.5 Å². The molecule has 0 fully saturated rings. The number of carbonyl (C=O) groups is 1. The number of aromatic nitrogens is 1. The van der Waals surface area contributed by atoms with Crippen LogP contribution in [0.1, 0.15) is 16.1 Å². The SMILES string of the molecule is Cc1[nH]c(=O)ccc1C(=O)NCCNc1ccccc1[N+](=O)[O-]. The summed E-state index contributed by atoms with van der Waals surface area (Å²) >= 11 is 0. The summed E-state index contributed by atoms with van der Waals surface area (Å²) in [7, 11) is 0. The maximum absolute atomic E-state index is 12.0. The normalized spacial score (nSPS) is 10.1. The van der Waals surface area contributed by atoms with Gasteiger partial charge >= 0.3 is 0 Å². The summed E-state index contributed by atoms with van der Waals surface area (Å²) in [6.07, 6.45) is 0. The van der Waals surface area contributed by atoms with Gasteiger partial charge in [0.1, 0.15) is 5.69 Å². The smallest absolute Gasteiger partial charge is 0.292 e. The third-order valence-corrected chi connectivity index (χ3v) is 3.19. The van der Waals surface area contributed by atoms with Crippen LogP contribution in [0.4, 0.5) is 11.4 Å². The quantitative estimate of drug-likeness (QED) is 0.423. The molecule has 0 aliphatic heterocycles. The number of nitrogens with one attached hydrogen (secondary N) is 3. The van der Waals surface area contributed by atoms with Crippen LogP contribution < -0.4 is 16.2 Å². The molecule has 1 amide bonds. The number of nitro groups is 1. The lowest BCUT2D eigenvalue weighted by Gasteiger charge is -2.09. The first-order valence-corrected chi connectivity index (χ1v) is 6.94. The Hall–Kier alpha value is -3.16. The van der Waals surface area contributed by atoms with Crippen molar-refractivity contribution < 1.29 is 9.72 Å². The molecule has 0 unspecified atom stereocenters. The summed E-state index contributed by atoms with van der Waals surface area (Å²) in [5.41, 5.74) is 0.983. The summed E-state index contributed by atoms with van der Waals surface area (Å²) in [5.74, 6) is -0.317. The van der Waals surface area contributed by atoms with Crippen molar-refractivity contribution in [1.29, 1.82) is 0 Å². The molecule has 0 saturated carbocycles. The monoisotopic (exact) mass is 316 g/mol. The van der Waals surface area contributed by atoms with Crippen LogP contribution >= 0.6 is 0 Å². The fourth-order valence-corrected chi connectivity index (χ4v) is 2.07. The molecule has 2 aromatic rings. The van der Waals surface area contributed by atoms with Gasteiger partial charge in [-0.05, 0) is 19.1 Å². The van der Waals surface area contributed by atoms with E-state index in [1.165, 1.54) is 18.2 Å². The number of rotatable bonds is 6. The van der Waals surface area contributed by atoms with Crippen LogP contribution in [-0.2, 0) is 0 Å². The van der Waals surface area contributed by atoms with Gasteiger partial charge in [-0.3, -0.25) is 19.7 Å². The van der Waals surface area contributed by atoms with Crippen molar-refractivity contribution in [2.75, 3.05) is 18.4 Å². The van der Waals surface area contributed by atoms with E-state index in [0.717, 1.165) is 0 Å². The van der Waals surface area contributed by atoms with Gasteiger partial charge in [-0.15, -0.1) is 0 Å². The number of aryl methyl sites for hydroxylation is 1. The average Bonchev–Trinajstić information content (AvgIpc) is 2.51. The van der Waals surface area contributed by atoms with Crippen LogP contribution in [0, 0.1) is 17.0 Å². The Morgan fingerprint density at radius 1 is 1.22 bits per heavy atom. The van der Waals surface area contributed by atoms with Crippen molar-refractivity contribution in [3.05, 3.63) is 68.1 Å². The molecule has 0 spiro atoms. The molecule has 0 aliphatic rings. The minimum atomic E-state index is -0.468. The van der Waals surface area contributed by atoms with Crippen molar-refractivity contribution in [1.82, 2.24) is 10.3 Å². The van der Waals surface area contributed by atoms with Crippen LogP contribution in [-0.4, -0.2) is 28.9 Å². The van der Waals surface area contributed by atoms with Crippen molar-refractivity contribution in [2.24, 2.45) is 0 Å². The molecule has 3 N–H and O–H groups in total. The zero-order valence-electron chi connectivity index (χ0n) is 12.5. The zero-order chi connectivity index (χ0) is 16.8. The van der Waals surface area contributed by atoms with Crippen molar-refractivity contribution in [2.45, 2.75) is 6.92 Å². The Morgan fingerprint density at radius 3 is 2.65 bits per heavy atom. The highest BCUT2D eigenvalue weighted by molar-refractivity contribution is 5.95. The van der Waals surface area contributed by atoms with Gasteiger partial charge in [0.15, 0.2) is 0 Å². The largest absolute Gasteiger partial charge is 0.378 e. The van der Waals surface area contributed by atoms with Gasteiger partial charge in [0.05, 0.1) is 10.5 Å². The van der Waals surface area contributed by atoms with Crippen LogP contribution in [0.3, 0.4) is 0 Å². The number of nitrogens with zero attached hydrogens (tertiary/aromatic N) is 1. The summed E-state index contributed by atoms with van der Waals surface area (Å²) in [4.78, 5) is 36.1. The van der Waals surface area contributed by atoms with Gasteiger partial charge in [-0.2, -0.15) is 0 Å². The van der Waals surface area contributed by atoms with Crippen molar-refractivity contribution >= 4 is 17.3 Å². The Labute approximate surface area is 131 Å². The van der Waals surface area contributed by atoms with Crippen LogP contribution in [0.25, 0.3) is 0 Å². The Bertz CT molecular complexity index is 785. The zero-order valence-corrected chi connectivity index (χ0v) is 12.5. The summed E-state index contributed by atoms with van der Waals surface area (Å²) in [6.45, 7) is 2.25. The summed E-state index contributed by atoms with van der Waals surface area (Å²) in [6, 6.07) is 9.03. The average molecular weight is 316 g/mol. The molecule has 1 aromatic carbocycles. The predicted molar refractivity (Wildman–Crippen MR) is 85.7 cm³/mol. The lowest BCUT2D eigenvalue weighted by molar-refractivity contribution is -0.384. The minimum Gasteiger partial charge on any atom is -0.378 e. The standard InChI is InChI=1S/C15H16N4O4/c1-10-11(6-7-14(20)18-10)15(21)17-9-8-16-12-4-2-3-5-13(12)19(22)23/h2-7,16H,8-9H2,1H3,(H,17,21)(H,18,20). The maximum atomic E-state index is 12.0. The Balaban J connectivity index is 1.89. The lowest BCUT2D eigenvalue weighted by Crippen LogP contribution is -2.30. The van der Waals surface area contributed by atoms with Crippen molar-refractivity contribution in [3.8, 4) is 0 Å². The Morgan fingerprint density at radius 2 is 1.96 bits per heavy atom. The topological polar surface area (TPSA) is 117 Å². The first-order chi connectivity index (χ1) is 11.0. The maximum Gasteiger partial charge on any atom is 0.292 e. The number of para-hydroxylation sites is 2. The number of amides is 1. The van der Waals surface area contributed by atoms with Gasteiger partial charge in [0.2, 0.25) is 5.56 Å². The third-order valence-electron chi connectivity index (χ3n) is 3.19. The highest BCUT2D eigenvalue weighted by Gasteiger charge is 2.12. The van der Waals surface area contributed by atoms with E-state index in [-0.39, 0.29) is 23.7 Å². The molecule has 0 saturated heterocycles. The molecule has 0 atom stereocenters. The second-order valence-corrected chi connectivity index (χ2v) is 4.82. The van der Waals surface area contributed by atoms with Gasteiger partial charge in [0, 0.05) is 30.9 Å². The molecule has 1 aromatic heterocycles. The van der Waals surface area contributed by atoms with Gasteiger partial charge in [0.25, 0.3) is 11.6 Å². The molecule has 23 heavy (non-hydrogen) atoms. The number of pyridine rings is 1. The van der Waals surface area contributed by atoms with Gasteiger partial charge in [-0.25, -0.2) is 0 Å². The van der Waals surface area contributed by atoms with E-state index < -0.39 is 4.92 Å². The summed E-state index contributed by atoms with van der Waals surface area (Å²) in [5, 5.41) is 16.5. The number of nitro benzene ring substituents is 1. The molecular weight excluding hydrogens is 300 g/mol. The molecule has 0 radical (unpaired) electrons. The fraction of sp³-hybridized carbons (Fsp3) is 0.200. The van der Waals surface area contributed by atoms with Crippen LogP contribution in [0.15, 0.2) is 41.2 Å². The van der Waals surface area contributed by atoms with Crippen molar-refractivity contribution in [3.63, 3.8) is 0 Å². The first kappa shape index (κ1) is 16.2. The second kappa shape index (κ2) is 7.21. The molecule has 0 bridgehead atoms. The van der Waals surface area contributed by atoms with Gasteiger partial charge < -0.3 is 15.6 Å². The first-order valence-electron chi connectivity index (χ1n) is 6.94. The number of anilines is 1. The molecular formula is C15H16N4O4. The highest BCUT2D eigenvalue weighted by Crippen LogP contribution is 2.22. The Kier molecular flexibility index (Phi) is 5.08. The molecule has 8 nitrogen and oxygen atoms in total. The van der Waals surface area contributed by atoms with E-state index in [2.05, 4.69) is 15.6 Å². The van der Waals surface area contributed by atoms with E-state index in [1.807, 2.05) is 0 Å². The van der Waals surface area contributed by atoms with Crippen LogP contribution in [0.2, 0.25) is 0 Å². The number of benzene rings is 1. The third kappa shape index (κ3) is 4.16. The number of aromatic amines is 1. The van der Waals surface area contributed by atoms with Gasteiger partial charge in [-0.1, -0.05) is 12.1 Å². The second-order valence-electron chi connectivity index (χ2n) is 4.82. The summed E-state index contributed by atoms with van der Waals surface area (Å²) < 4.78 is 0. The van der Waals surface area contributed by atoms with Crippen LogP contribution in [0.5, 0.6) is 0 Å². The van der Waals surface area contributed by atoms with E-state index >= 15 is 0 Å². The molecule has 8 heteroatoms. The molecule has 2 rings (SSSR count). The number of hydrogen-bond donors (Lipinski definition) is 3. The molecule has 120 valence electrons. The number of H-pyrrole nitrogens is 1. The fourth-order valence-electron chi connectivity index (χ4n) is 2.07. The number of hydrogen-bond acceptors (Lipinski definition) is 5. The molecule has 0 aliphatic carbocycles. The number of carbonyl (C=O) groups excluding carboxylic acids is 1. The van der Waals surface area contributed by atoms with E-state index in [4.69, 9.17) is 0 Å². The lowest BCUT2D eigenvalue weighted by atomic mass is 10.2. The van der Waals surface area contributed by atoms with E-state index in [9.17, 15) is 19.7 Å². The minimum absolute atomic E-state index is 0.0182. The predicted octanol–water partition coefficient (Wildman–Crippen LogP) is 1.43. The highest BCUT2D eigenvalue weighted by atomic mass is 16.6. The molecule has 1 heterocycles. The van der Waals surface area contributed by atoms with E-state index in [1.54, 1.807) is 25.1 Å².